The van der Waals surface area contributed by atoms with E-state index >= 15 is 0 Å². The normalized spacial score (nSPS) is 55.3. The zero-order valence-corrected chi connectivity index (χ0v) is 9.47. The molecule has 4 bridgehead atoms. The van der Waals surface area contributed by atoms with Gasteiger partial charge < -0.3 is 0 Å². The van der Waals surface area contributed by atoms with Gasteiger partial charge in [0.15, 0.2) is 0 Å². The Hall–Kier alpha value is 0. The van der Waals surface area contributed by atoms with Crippen LogP contribution < -0.4 is 0 Å². The maximum absolute atomic E-state index is 4.66. The maximum atomic E-state index is 4.66. The fourth-order valence-electron chi connectivity index (χ4n) is 5.00. The van der Waals surface area contributed by atoms with Gasteiger partial charge in [0.25, 0.3) is 0 Å². The Morgan fingerprint density at radius 1 is 1.00 bits per heavy atom. The molecule has 0 nitrogen and oxygen atoms in total. The van der Waals surface area contributed by atoms with Crippen molar-refractivity contribution in [1.82, 2.24) is 0 Å². The van der Waals surface area contributed by atoms with Gasteiger partial charge in [0.05, 0.1) is 0 Å². The minimum atomic E-state index is 0.502. The predicted octanol–water partition coefficient (Wildman–Crippen LogP) is 4.06. The summed E-state index contributed by atoms with van der Waals surface area (Å²) in [6, 6.07) is 0. The van der Waals surface area contributed by atoms with E-state index in [1.165, 1.54) is 38.5 Å². The van der Waals surface area contributed by atoms with Crippen molar-refractivity contribution < 1.29 is 0 Å². The van der Waals surface area contributed by atoms with Gasteiger partial charge in [-0.1, -0.05) is 13.3 Å². The van der Waals surface area contributed by atoms with Gasteiger partial charge in [-0.25, -0.2) is 0 Å². The molecule has 0 aromatic heterocycles. The van der Waals surface area contributed by atoms with E-state index in [1.54, 1.807) is 6.42 Å². The molecule has 14 heavy (non-hydrogen) atoms. The minimum absolute atomic E-state index is 0.502. The first-order valence-corrected chi connectivity index (χ1v) is 6.57. The van der Waals surface area contributed by atoms with Gasteiger partial charge in [-0.05, 0) is 74.5 Å². The summed E-state index contributed by atoms with van der Waals surface area (Å²) < 4.78 is 0. The summed E-state index contributed by atoms with van der Waals surface area (Å²) in [5.74, 6) is 4.20. The molecule has 4 fully saturated rings. The van der Waals surface area contributed by atoms with Crippen LogP contribution in [0.15, 0.2) is 0 Å². The highest BCUT2D eigenvalue weighted by atomic mass is 14.6. The molecular weight excluding hydrogens is 168 g/mol. The molecule has 4 rings (SSSR count). The molecule has 0 aromatic carbocycles. The molecule has 0 amide bonds. The Kier molecular flexibility index (Phi) is 1.98. The van der Waals surface area contributed by atoms with Crippen LogP contribution in [0.4, 0.5) is 0 Å². The van der Waals surface area contributed by atoms with Gasteiger partial charge >= 0.3 is 0 Å². The molecule has 0 atom stereocenters. The van der Waals surface area contributed by atoms with Crippen molar-refractivity contribution >= 4 is 0 Å². The third-order valence-corrected chi connectivity index (χ3v) is 5.48. The van der Waals surface area contributed by atoms with E-state index in [0.29, 0.717) is 5.41 Å². The summed E-state index contributed by atoms with van der Waals surface area (Å²) in [5.41, 5.74) is 0.502. The lowest BCUT2D eigenvalue weighted by atomic mass is 9.45. The average Bonchev–Trinajstić information content (AvgIpc) is 2.14. The van der Waals surface area contributed by atoms with Crippen molar-refractivity contribution in [2.24, 2.45) is 29.1 Å². The zero-order valence-electron chi connectivity index (χ0n) is 9.47. The summed E-state index contributed by atoms with van der Waals surface area (Å²) in [6.45, 7) is 6.99. The standard InChI is InChI=1S/C14H23/c1-3-4-14(2)12-6-10-5-11(8-12)9-13(14)7-10/h10-13H,2-9H2,1H3. The lowest BCUT2D eigenvalue weighted by Crippen LogP contribution is -2.51. The highest BCUT2D eigenvalue weighted by molar-refractivity contribution is 5.06. The summed E-state index contributed by atoms with van der Waals surface area (Å²) >= 11 is 0. The highest BCUT2D eigenvalue weighted by Gasteiger charge is 2.53. The smallest absolute Gasteiger partial charge is 0.0240 e. The molecule has 4 saturated carbocycles. The van der Waals surface area contributed by atoms with Gasteiger partial charge in [0.1, 0.15) is 0 Å². The Balaban J connectivity index is 1.87. The lowest BCUT2D eigenvalue weighted by molar-refractivity contribution is -0.0869. The van der Waals surface area contributed by atoms with E-state index in [4.69, 9.17) is 0 Å². The molecule has 0 saturated heterocycles. The SMILES string of the molecule is [CH2]C1(CCC)C2CC3CC(C2)CC1C3. The number of rotatable bonds is 2. The topological polar surface area (TPSA) is 0 Å². The summed E-state index contributed by atoms with van der Waals surface area (Å²) in [7, 11) is 0. The van der Waals surface area contributed by atoms with Gasteiger partial charge in [0, 0.05) is 0 Å². The second-order valence-corrected chi connectivity index (χ2v) is 6.29. The quantitative estimate of drug-likeness (QED) is 0.617. The van der Waals surface area contributed by atoms with Crippen LogP contribution in [0.5, 0.6) is 0 Å². The highest BCUT2D eigenvalue weighted by Crippen LogP contribution is 2.63. The second-order valence-electron chi connectivity index (χ2n) is 6.29. The molecule has 0 unspecified atom stereocenters. The molecule has 1 radical (unpaired) electrons. The Bertz CT molecular complexity index is 200. The molecule has 0 aliphatic heterocycles. The van der Waals surface area contributed by atoms with Crippen molar-refractivity contribution in [1.29, 1.82) is 0 Å². The van der Waals surface area contributed by atoms with E-state index in [2.05, 4.69) is 13.8 Å². The molecule has 0 heterocycles. The number of hydrogen-bond acceptors (Lipinski definition) is 0. The van der Waals surface area contributed by atoms with Crippen molar-refractivity contribution in [3.8, 4) is 0 Å². The fraction of sp³-hybridized carbons (Fsp3) is 0.929. The van der Waals surface area contributed by atoms with Gasteiger partial charge in [-0.15, -0.1) is 0 Å². The minimum Gasteiger partial charge on any atom is -0.0654 e. The fourth-order valence-corrected chi connectivity index (χ4v) is 5.00. The van der Waals surface area contributed by atoms with E-state index < -0.39 is 0 Å². The average molecular weight is 191 g/mol. The summed E-state index contributed by atoms with van der Waals surface area (Å²) in [5, 5.41) is 0. The summed E-state index contributed by atoms with van der Waals surface area (Å²) in [6.07, 6.45) is 10.4. The molecule has 0 heteroatoms. The van der Waals surface area contributed by atoms with E-state index in [0.717, 1.165) is 23.7 Å². The van der Waals surface area contributed by atoms with Crippen molar-refractivity contribution in [2.45, 2.75) is 51.9 Å². The van der Waals surface area contributed by atoms with E-state index in [-0.39, 0.29) is 0 Å². The van der Waals surface area contributed by atoms with Crippen LogP contribution in [0.3, 0.4) is 0 Å². The van der Waals surface area contributed by atoms with Crippen LogP contribution in [0.1, 0.15) is 51.9 Å². The molecular formula is C14H23. The predicted molar refractivity (Wildman–Crippen MR) is 59.7 cm³/mol. The van der Waals surface area contributed by atoms with Crippen LogP contribution in [0.25, 0.3) is 0 Å². The molecule has 0 N–H and O–H groups in total. The van der Waals surface area contributed by atoms with Gasteiger partial charge in [-0.3, -0.25) is 0 Å². The molecule has 4 aliphatic carbocycles. The van der Waals surface area contributed by atoms with Crippen LogP contribution in [0, 0.1) is 36.0 Å². The van der Waals surface area contributed by atoms with Crippen molar-refractivity contribution in [2.75, 3.05) is 0 Å². The van der Waals surface area contributed by atoms with E-state index in [9.17, 15) is 0 Å². The first-order chi connectivity index (χ1) is 6.72. The van der Waals surface area contributed by atoms with E-state index in [1.807, 2.05) is 0 Å². The lowest BCUT2D eigenvalue weighted by Gasteiger charge is -2.60. The molecule has 0 aromatic rings. The summed E-state index contributed by atoms with van der Waals surface area (Å²) in [4.78, 5) is 0. The number of hydrogen-bond donors (Lipinski definition) is 0. The van der Waals surface area contributed by atoms with Crippen LogP contribution >= 0.6 is 0 Å². The van der Waals surface area contributed by atoms with Crippen LogP contribution in [-0.2, 0) is 0 Å². The second kappa shape index (κ2) is 3.00. The van der Waals surface area contributed by atoms with Gasteiger partial charge in [-0.2, -0.15) is 0 Å². The Morgan fingerprint density at radius 3 is 1.93 bits per heavy atom. The molecule has 0 spiro atoms. The molecule has 4 aliphatic rings. The molecule has 79 valence electrons. The van der Waals surface area contributed by atoms with Crippen LogP contribution in [-0.4, -0.2) is 0 Å². The first-order valence-electron chi connectivity index (χ1n) is 6.57. The van der Waals surface area contributed by atoms with Gasteiger partial charge in [0.2, 0.25) is 0 Å². The zero-order chi connectivity index (χ0) is 9.76. The Morgan fingerprint density at radius 2 is 1.50 bits per heavy atom. The first kappa shape index (κ1) is 9.24. The third kappa shape index (κ3) is 1.12. The largest absolute Gasteiger partial charge is 0.0654 e. The maximum Gasteiger partial charge on any atom is -0.0240 e. The van der Waals surface area contributed by atoms with Crippen LogP contribution in [0.2, 0.25) is 0 Å². The van der Waals surface area contributed by atoms with Crippen molar-refractivity contribution in [3.05, 3.63) is 6.92 Å². The van der Waals surface area contributed by atoms with Crippen molar-refractivity contribution in [3.63, 3.8) is 0 Å². The monoisotopic (exact) mass is 191 g/mol. The third-order valence-electron chi connectivity index (χ3n) is 5.48. The Labute approximate surface area is 88.5 Å².